The Kier molecular flexibility index (Phi) is 4.48. The molecule has 1 saturated heterocycles. The third kappa shape index (κ3) is 3.60. The summed E-state index contributed by atoms with van der Waals surface area (Å²) in [7, 11) is 0. The lowest BCUT2D eigenvalue weighted by molar-refractivity contribution is 0.0438. The molecule has 3 nitrogen and oxygen atoms in total. The average Bonchev–Trinajstić information content (AvgIpc) is 2.59. The van der Waals surface area contributed by atoms with Crippen molar-refractivity contribution >= 4 is 5.91 Å². The zero-order valence-electron chi connectivity index (χ0n) is 12.7. The Morgan fingerprint density at radius 2 is 1.85 bits per heavy atom. The summed E-state index contributed by atoms with van der Waals surface area (Å²) in [6.45, 7) is 7.53. The summed E-state index contributed by atoms with van der Waals surface area (Å²) in [5.41, 5.74) is 1.37. The van der Waals surface area contributed by atoms with Crippen LogP contribution in [-0.4, -0.2) is 34.6 Å². The van der Waals surface area contributed by atoms with Crippen molar-refractivity contribution < 1.29 is 9.90 Å². The van der Waals surface area contributed by atoms with Crippen LogP contribution in [0.1, 0.15) is 61.9 Å². The number of amides is 1. The SMILES string of the molecule is CC(C)c1ccc(C(=O)N2CCCC(C)(O)CC2)cc1. The number of benzene rings is 1. The molecule has 1 atom stereocenters. The van der Waals surface area contributed by atoms with Crippen LogP contribution in [0.25, 0.3) is 0 Å². The molecular weight excluding hydrogens is 250 g/mol. The molecule has 0 spiro atoms. The molecule has 110 valence electrons. The predicted octanol–water partition coefficient (Wildman–Crippen LogP) is 3.19. The van der Waals surface area contributed by atoms with E-state index in [2.05, 4.69) is 13.8 Å². The van der Waals surface area contributed by atoms with Crippen LogP contribution >= 0.6 is 0 Å². The van der Waals surface area contributed by atoms with Gasteiger partial charge in [0.1, 0.15) is 0 Å². The number of hydrogen-bond acceptors (Lipinski definition) is 2. The molecule has 1 aromatic carbocycles. The maximum atomic E-state index is 12.5. The van der Waals surface area contributed by atoms with E-state index in [9.17, 15) is 9.90 Å². The first-order chi connectivity index (χ1) is 9.39. The number of carbonyl (C=O) groups excluding carboxylic acids is 1. The van der Waals surface area contributed by atoms with Crippen molar-refractivity contribution in [1.82, 2.24) is 4.90 Å². The first-order valence-electron chi connectivity index (χ1n) is 7.51. The highest BCUT2D eigenvalue weighted by atomic mass is 16.3. The van der Waals surface area contributed by atoms with E-state index >= 15 is 0 Å². The Bertz CT molecular complexity index is 462. The topological polar surface area (TPSA) is 40.5 Å². The second-order valence-electron chi connectivity index (χ2n) is 6.42. The van der Waals surface area contributed by atoms with E-state index in [4.69, 9.17) is 0 Å². The summed E-state index contributed by atoms with van der Waals surface area (Å²) in [6.07, 6.45) is 2.29. The Morgan fingerprint density at radius 1 is 1.20 bits per heavy atom. The van der Waals surface area contributed by atoms with Crippen LogP contribution in [0.5, 0.6) is 0 Å². The van der Waals surface area contributed by atoms with Gasteiger partial charge < -0.3 is 10.0 Å². The summed E-state index contributed by atoms with van der Waals surface area (Å²) in [5.74, 6) is 0.561. The molecule has 1 heterocycles. The molecule has 0 bridgehead atoms. The number of carbonyl (C=O) groups is 1. The Labute approximate surface area is 121 Å². The molecule has 0 aliphatic carbocycles. The summed E-state index contributed by atoms with van der Waals surface area (Å²) in [5, 5.41) is 10.1. The first-order valence-corrected chi connectivity index (χ1v) is 7.51. The fraction of sp³-hybridized carbons (Fsp3) is 0.588. The smallest absolute Gasteiger partial charge is 0.253 e. The summed E-state index contributed by atoms with van der Waals surface area (Å²) in [4.78, 5) is 14.4. The molecule has 2 rings (SSSR count). The van der Waals surface area contributed by atoms with Gasteiger partial charge in [-0.15, -0.1) is 0 Å². The zero-order chi connectivity index (χ0) is 14.8. The van der Waals surface area contributed by atoms with Gasteiger partial charge in [-0.05, 0) is 49.8 Å². The van der Waals surface area contributed by atoms with Gasteiger partial charge in [0.05, 0.1) is 5.60 Å². The molecule has 1 unspecified atom stereocenters. The maximum absolute atomic E-state index is 12.5. The zero-order valence-corrected chi connectivity index (χ0v) is 12.7. The van der Waals surface area contributed by atoms with Gasteiger partial charge in [-0.2, -0.15) is 0 Å². The summed E-state index contributed by atoms with van der Waals surface area (Å²) < 4.78 is 0. The van der Waals surface area contributed by atoms with Crippen molar-refractivity contribution in [1.29, 1.82) is 0 Å². The van der Waals surface area contributed by atoms with Crippen LogP contribution < -0.4 is 0 Å². The van der Waals surface area contributed by atoms with E-state index in [0.717, 1.165) is 24.9 Å². The molecule has 1 aliphatic heterocycles. The highest BCUT2D eigenvalue weighted by molar-refractivity contribution is 5.94. The number of rotatable bonds is 2. The maximum Gasteiger partial charge on any atom is 0.253 e. The standard InChI is InChI=1S/C17H25NO2/c1-13(2)14-5-7-15(8-6-14)16(19)18-11-4-9-17(3,20)10-12-18/h5-8,13,20H,4,9-12H2,1-3H3. The van der Waals surface area contributed by atoms with Crippen molar-refractivity contribution in [2.45, 2.75) is 51.6 Å². The van der Waals surface area contributed by atoms with Gasteiger partial charge in [0.15, 0.2) is 0 Å². The van der Waals surface area contributed by atoms with E-state index in [0.29, 0.717) is 18.9 Å². The third-order valence-corrected chi connectivity index (χ3v) is 4.18. The quantitative estimate of drug-likeness (QED) is 0.900. The van der Waals surface area contributed by atoms with Crippen LogP contribution in [0, 0.1) is 0 Å². The van der Waals surface area contributed by atoms with Crippen molar-refractivity contribution in [2.24, 2.45) is 0 Å². The minimum atomic E-state index is -0.628. The lowest BCUT2D eigenvalue weighted by Crippen LogP contribution is -2.33. The number of aliphatic hydroxyl groups is 1. The lowest BCUT2D eigenvalue weighted by atomic mass is 9.98. The molecule has 1 fully saturated rings. The average molecular weight is 275 g/mol. The van der Waals surface area contributed by atoms with Crippen LogP contribution in [0.3, 0.4) is 0 Å². The van der Waals surface area contributed by atoms with Crippen molar-refractivity contribution in [3.8, 4) is 0 Å². The third-order valence-electron chi connectivity index (χ3n) is 4.18. The van der Waals surface area contributed by atoms with Gasteiger partial charge in [0.25, 0.3) is 5.91 Å². The Hall–Kier alpha value is -1.35. The molecule has 0 saturated carbocycles. The summed E-state index contributed by atoms with van der Waals surface area (Å²) >= 11 is 0. The van der Waals surface area contributed by atoms with Gasteiger partial charge >= 0.3 is 0 Å². The predicted molar refractivity (Wildman–Crippen MR) is 80.9 cm³/mol. The molecule has 1 aliphatic rings. The van der Waals surface area contributed by atoms with E-state index in [1.54, 1.807) is 0 Å². The lowest BCUT2D eigenvalue weighted by Gasteiger charge is -2.22. The van der Waals surface area contributed by atoms with Crippen LogP contribution in [0.4, 0.5) is 0 Å². The van der Waals surface area contributed by atoms with Crippen LogP contribution in [-0.2, 0) is 0 Å². The Morgan fingerprint density at radius 3 is 2.45 bits per heavy atom. The number of nitrogens with zero attached hydrogens (tertiary/aromatic N) is 1. The molecule has 1 N–H and O–H groups in total. The normalized spacial score (nSPS) is 23.8. The largest absolute Gasteiger partial charge is 0.390 e. The molecular formula is C17H25NO2. The minimum Gasteiger partial charge on any atom is -0.390 e. The van der Waals surface area contributed by atoms with Crippen LogP contribution in [0.2, 0.25) is 0 Å². The van der Waals surface area contributed by atoms with Gasteiger partial charge in [-0.3, -0.25) is 4.79 Å². The number of likely N-dealkylation sites (tertiary alicyclic amines) is 1. The van der Waals surface area contributed by atoms with Gasteiger partial charge in [0.2, 0.25) is 0 Å². The van der Waals surface area contributed by atoms with E-state index < -0.39 is 5.60 Å². The van der Waals surface area contributed by atoms with Crippen LogP contribution in [0.15, 0.2) is 24.3 Å². The van der Waals surface area contributed by atoms with E-state index in [1.807, 2.05) is 36.1 Å². The van der Waals surface area contributed by atoms with E-state index in [-0.39, 0.29) is 5.91 Å². The monoisotopic (exact) mass is 275 g/mol. The minimum absolute atomic E-state index is 0.0815. The second-order valence-corrected chi connectivity index (χ2v) is 6.42. The fourth-order valence-electron chi connectivity index (χ4n) is 2.66. The molecule has 0 aromatic heterocycles. The molecule has 1 aromatic rings. The molecule has 1 amide bonds. The second kappa shape index (κ2) is 5.96. The Balaban J connectivity index is 2.07. The first kappa shape index (κ1) is 15.0. The van der Waals surface area contributed by atoms with E-state index in [1.165, 1.54) is 5.56 Å². The van der Waals surface area contributed by atoms with Gasteiger partial charge in [-0.1, -0.05) is 26.0 Å². The van der Waals surface area contributed by atoms with Crippen molar-refractivity contribution in [2.75, 3.05) is 13.1 Å². The molecule has 0 radical (unpaired) electrons. The highest BCUT2D eigenvalue weighted by Gasteiger charge is 2.27. The van der Waals surface area contributed by atoms with Gasteiger partial charge in [-0.25, -0.2) is 0 Å². The van der Waals surface area contributed by atoms with Gasteiger partial charge in [0, 0.05) is 18.7 Å². The highest BCUT2D eigenvalue weighted by Crippen LogP contribution is 2.23. The van der Waals surface area contributed by atoms with Crippen molar-refractivity contribution in [3.05, 3.63) is 35.4 Å². The summed E-state index contributed by atoms with van der Waals surface area (Å²) in [6, 6.07) is 7.90. The van der Waals surface area contributed by atoms with Crippen molar-refractivity contribution in [3.63, 3.8) is 0 Å². The molecule has 3 heteroatoms. The molecule has 20 heavy (non-hydrogen) atoms. The fourth-order valence-corrected chi connectivity index (χ4v) is 2.66. The number of hydrogen-bond donors (Lipinski definition) is 1.